The summed E-state index contributed by atoms with van der Waals surface area (Å²) in [7, 11) is 0. The third kappa shape index (κ3) is 2.76. The van der Waals surface area contributed by atoms with E-state index < -0.39 is 0 Å². The van der Waals surface area contributed by atoms with Gasteiger partial charge in [0, 0.05) is 25.3 Å². The molecule has 0 spiro atoms. The molecule has 0 fully saturated rings. The van der Waals surface area contributed by atoms with Crippen LogP contribution < -0.4 is 5.73 Å². The van der Waals surface area contributed by atoms with E-state index in [1.165, 1.54) is 17.2 Å². The highest BCUT2D eigenvalue weighted by Crippen LogP contribution is 2.22. The van der Waals surface area contributed by atoms with Gasteiger partial charge in [-0.3, -0.25) is 4.90 Å². The number of hydrogen-bond donors (Lipinski definition) is 1. The van der Waals surface area contributed by atoms with E-state index in [9.17, 15) is 4.39 Å². The lowest BCUT2D eigenvalue weighted by Crippen LogP contribution is -2.30. The van der Waals surface area contributed by atoms with Gasteiger partial charge in [-0.15, -0.1) is 0 Å². The lowest BCUT2D eigenvalue weighted by atomic mass is 9.98. The van der Waals surface area contributed by atoms with Crippen LogP contribution in [-0.2, 0) is 19.5 Å². The highest BCUT2D eigenvalue weighted by atomic mass is 19.1. The maximum Gasteiger partial charge on any atom is 0.123 e. The maximum atomic E-state index is 13.2. The molecule has 0 radical (unpaired) electrons. The largest absolute Gasteiger partial charge is 0.399 e. The van der Waals surface area contributed by atoms with Crippen LogP contribution in [0.3, 0.4) is 0 Å². The Morgan fingerprint density at radius 3 is 2.84 bits per heavy atom. The van der Waals surface area contributed by atoms with Crippen LogP contribution in [0.25, 0.3) is 0 Å². The van der Waals surface area contributed by atoms with Crippen molar-refractivity contribution in [1.29, 1.82) is 0 Å². The molecule has 0 saturated heterocycles. The second-order valence-electron chi connectivity index (χ2n) is 5.12. The van der Waals surface area contributed by atoms with Crippen molar-refractivity contribution in [1.82, 2.24) is 4.90 Å². The average Bonchev–Trinajstić information content (AvgIpc) is 2.39. The topological polar surface area (TPSA) is 29.3 Å². The number of nitrogens with zero attached hydrogens (tertiary/aromatic N) is 1. The molecule has 1 aliphatic rings. The summed E-state index contributed by atoms with van der Waals surface area (Å²) < 4.78 is 13.2. The number of benzene rings is 2. The summed E-state index contributed by atoms with van der Waals surface area (Å²) in [6.45, 7) is 2.70. The van der Waals surface area contributed by atoms with Gasteiger partial charge in [0.25, 0.3) is 0 Å². The minimum absolute atomic E-state index is 0.164. The van der Waals surface area contributed by atoms with Crippen LogP contribution in [0.15, 0.2) is 42.5 Å². The Labute approximate surface area is 112 Å². The number of nitrogen functional groups attached to an aromatic ring is 1. The summed E-state index contributed by atoms with van der Waals surface area (Å²) in [6, 6.07) is 12.9. The smallest absolute Gasteiger partial charge is 0.123 e. The first-order valence-corrected chi connectivity index (χ1v) is 6.55. The summed E-state index contributed by atoms with van der Waals surface area (Å²) >= 11 is 0. The van der Waals surface area contributed by atoms with E-state index in [0.717, 1.165) is 37.3 Å². The highest BCUT2D eigenvalue weighted by Gasteiger charge is 2.16. The van der Waals surface area contributed by atoms with Gasteiger partial charge < -0.3 is 5.73 Å². The fourth-order valence-corrected chi connectivity index (χ4v) is 2.66. The number of rotatable bonds is 2. The Morgan fingerprint density at radius 1 is 1.11 bits per heavy atom. The van der Waals surface area contributed by atoms with Crippen LogP contribution in [0.5, 0.6) is 0 Å². The molecular formula is C16H17FN2. The molecule has 3 heteroatoms. The second kappa shape index (κ2) is 5.02. The van der Waals surface area contributed by atoms with Gasteiger partial charge in [-0.25, -0.2) is 4.39 Å². The zero-order valence-corrected chi connectivity index (χ0v) is 10.8. The predicted molar refractivity (Wildman–Crippen MR) is 75.1 cm³/mol. The van der Waals surface area contributed by atoms with Crippen molar-refractivity contribution in [3.05, 3.63) is 65.0 Å². The molecule has 0 aliphatic carbocycles. The molecule has 2 N–H and O–H groups in total. The summed E-state index contributed by atoms with van der Waals surface area (Å²) in [4.78, 5) is 2.34. The Bertz CT molecular complexity index is 595. The lowest BCUT2D eigenvalue weighted by Gasteiger charge is -2.29. The summed E-state index contributed by atoms with van der Waals surface area (Å²) in [5.41, 5.74) is 10.3. The molecule has 3 rings (SSSR count). The molecule has 0 atom stereocenters. The molecule has 0 bridgehead atoms. The third-order valence-electron chi connectivity index (χ3n) is 3.62. The van der Waals surface area contributed by atoms with E-state index in [4.69, 9.17) is 5.73 Å². The first-order chi connectivity index (χ1) is 9.20. The number of hydrogen-bond acceptors (Lipinski definition) is 2. The molecule has 2 aromatic carbocycles. The van der Waals surface area contributed by atoms with Crippen LogP contribution in [-0.4, -0.2) is 11.4 Å². The third-order valence-corrected chi connectivity index (χ3v) is 3.62. The number of halogens is 1. The van der Waals surface area contributed by atoms with Gasteiger partial charge in [0.1, 0.15) is 5.82 Å². The first kappa shape index (κ1) is 12.2. The van der Waals surface area contributed by atoms with Crippen molar-refractivity contribution < 1.29 is 4.39 Å². The maximum absolute atomic E-state index is 13.2. The molecule has 1 aliphatic heterocycles. The van der Waals surface area contributed by atoms with E-state index in [1.807, 2.05) is 12.1 Å². The van der Waals surface area contributed by atoms with Gasteiger partial charge in [-0.1, -0.05) is 18.2 Å². The van der Waals surface area contributed by atoms with Crippen molar-refractivity contribution in [3.63, 3.8) is 0 Å². The molecule has 1 heterocycles. The predicted octanol–water partition coefficient (Wildman–Crippen LogP) is 2.97. The fraction of sp³-hybridized carbons (Fsp3) is 0.250. The van der Waals surface area contributed by atoms with Crippen molar-refractivity contribution in [2.75, 3.05) is 12.3 Å². The van der Waals surface area contributed by atoms with Gasteiger partial charge in [0.15, 0.2) is 0 Å². The summed E-state index contributed by atoms with van der Waals surface area (Å²) in [6.07, 6.45) is 1.01. The standard InChI is InChI=1S/C16H17FN2/c17-15-3-1-2-12(8-15)10-19-7-6-13-9-16(18)5-4-14(13)11-19/h1-5,8-9H,6-7,10-11,18H2. The van der Waals surface area contributed by atoms with E-state index in [2.05, 4.69) is 17.0 Å². The zero-order valence-electron chi connectivity index (χ0n) is 10.8. The SMILES string of the molecule is Nc1ccc2c(c1)CCN(Cc1cccc(F)c1)C2. The van der Waals surface area contributed by atoms with Crippen LogP contribution in [0.4, 0.5) is 10.1 Å². The fourth-order valence-electron chi connectivity index (χ4n) is 2.66. The Hall–Kier alpha value is -1.87. The number of anilines is 1. The molecule has 2 nitrogen and oxygen atoms in total. The first-order valence-electron chi connectivity index (χ1n) is 6.55. The van der Waals surface area contributed by atoms with Crippen molar-refractivity contribution in [2.24, 2.45) is 0 Å². The summed E-state index contributed by atoms with van der Waals surface area (Å²) in [5.74, 6) is -0.164. The van der Waals surface area contributed by atoms with Crippen molar-refractivity contribution >= 4 is 5.69 Å². The molecular weight excluding hydrogens is 239 g/mol. The highest BCUT2D eigenvalue weighted by molar-refractivity contribution is 5.45. The molecule has 0 aromatic heterocycles. The van der Waals surface area contributed by atoms with Gasteiger partial charge in [-0.05, 0) is 47.4 Å². The second-order valence-corrected chi connectivity index (χ2v) is 5.12. The van der Waals surface area contributed by atoms with Crippen LogP contribution in [0, 0.1) is 5.82 Å². The van der Waals surface area contributed by atoms with Gasteiger partial charge in [0.05, 0.1) is 0 Å². The molecule has 0 unspecified atom stereocenters. The van der Waals surface area contributed by atoms with E-state index in [0.29, 0.717) is 0 Å². The van der Waals surface area contributed by atoms with Crippen LogP contribution >= 0.6 is 0 Å². The van der Waals surface area contributed by atoms with E-state index >= 15 is 0 Å². The number of nitrogens with two attached hydrogens (primary N) is 1. The van der Waals surface area contributed by atoms with E-state index in [-0.39, 0.29) is 5.82 Å². The molecule has 2 aromatic rings. The average molecular weight is 256 g/mol. The van der Waals surface area contributed by atoms with Gasteiger partial charge in [0.2, 0.25) is 0 Å². The van der Waals surface area contributed by atoms with Crippen LogP contribution in [0.2, 0.25) is 0 Å². The number of fused-ring (bicyclic) bond motifs is 1. The van der Waals surface area contributed by atoms with Crippen molar-refractivity contribution in [3.8, 4) is 0 Å². The van der Waals surface area contributed by atoms with Gasteiger partial charge >= 0.3 is 0 Å². The van der Waals surface area contributed by atoms with Crippen molar-refractivity contribution in [2.45, 2.75) is 19.5 Å². The minimum atomic E-state index is -0.164. The minimum Gasteiger partial charge on any atom is -0.399 e. The summed E-state index contributed by atoms with van der Waals surface area (Å²) in [5, 5.41) is 0. The molecule has 98 valence electrons. The molecule has 0 amide bonds. The van der Waals surface area contributed by atoms with Gasteiger partial charge in [-0.2, -0.15) is 0 Å². The normalized spacial score (nSPS) is 15.2. The quantitative estimate of drug-likeness (QED) is 0.837. The molecule has 0 saturated carbocycles. The Kier molecular flexibility index (Phi) is 3.22. The molecule has 19 heavy (non-hydrogen) atoms. The van der Waals surface area contributed by atoms with Crippen LogP contribution in [0.1, 0.15) is 16.7 Å². The lowest BCUT2D eigenvalue weighted by molar-refractivity contribution is 0.245. The zero-order chi connectivity index (χ0) is 13.2. The monoisotopic (exact) mass is 256 g/mol. The van der Waals surface area contributed by atoms with E-state index in [1.54, 1.807) is 12.1 Å². The Morgan fingerprint density at radius 2 is 2.00 bits per heavy atom. The Balaban J connectivity index is 1.74.